The van der Waals surface area contributed by atoms with Gasteiger partial charge in [-0.25, -0.2) is 0 Å². The highest BCUT2D eigenvalue weighted by atomic mass is 16.5. The highest BCUT2D eigenvalue weighted by Gasteiger charge is 2.03. The Morgan fingerprint density at radius 2 is 1.87 bits per heavy atom. The minimum atomic E-state index is -0.00514. The van der Waals surface area contributed by atoms with Crippen molar-refractivity contribution >= 4 is 0 Å². The van der Waals surface area contributed by atoms with Crippen molar-refractivity contribution in [3.63, 3.8) is 0 Å². The van der Waals surface area contributed by atoms with E-state index in [0.717, 1.165) is 5.57 Å². The molecule has 0 aliphatic rings. The molecule has 0 saturated heterocycles. The van der Waals surface area contributed by atoms with Gasteiger partial charge in [-0.1, -0.05) is 18.7 Å². The summed E-state index contributed by atoms with van der Waals surface area (Å²) < 4.78 is 10.8. The molecule has 1 rings (SSSR count). The van der Waals surface area contributed by atoms with Gasteiger partial charge in [-0.15, -0.1) is 0 Å². The molecule has 15 heavy (non-hydrogen) atoms. The maximum absolute atomic E-state index is 8.66. The molecular weight excluding hydrogens is 192 g/mol. The zero-order chi connectivity index (χ0) is 11.1. The first-order chi connectivity index (χ1) is 7.24. The second-order valence-electron chi connectivity index (χ2n) is 3.26. The van der Waals surface area contributed by atoms with Crippen LogP contribution in [0.2, 0.25) is 0 Å². The lowest BCUT2D eigenvalue weighted by Crippen LogP contribution is -2.04. The molecule has 0 radical (unpaired) electrons. The number of hydrogen-bond donors (Lipinski definition) is 1. The minimum Gasteiger partial charge on any atom is -0.487 e. The van der Waals surface area contributed by atoms with E-state index in [9.17, 15) is 0 Å². The lowest BCUT2D eigenvalue weighted by Gasteiger charge is -2.11. The lowest BCUT2D eigenvalue weighted by molar-refractivity contribution is 0.195. The van der Waals surface area contributed by atoms with Crippen molar-refractivity contribution < 1.29 is 14.6 Å². The first kappa shape index (κ1) is 11.6. The Labute approximate surface area is 90.0 Å². The molecule has 3 heteroatoms. The molecule has 0 aliphatic carbocycles. The van der Waals surface area contributed by atoms with Gasteiger partial charge in [0.2, 0.25) is 0 Å². The molecule has 0 atom stereocenters. The Kier molecular flexibility index (Phi) is 4.71. The second kappa shape index (κ2) is 6.09. The third-order valence-electron chi connectivity index (χ3n) is 1.67. The third-order valence-corrected chi connectivity index (χ3v) is 1.67. The summed E-state index contributed by atoms with van der Waals surface area (Å²) in [6.07, 6.45) is 0. The average Bonchev–Trinajstić information content (AvgIpc) is 2.24. The van der Waals surface area contributed by atoms with Crippen LogP contribution >= 0.6 is 0 Å². The van der Waals surface area contributed by atoms with E-state index in [0.29, 0.717) is 18.1 Å². The SMILES string of the molecule is C=C(C)COc1ccccc1OCCO. The van der Waals surface area contributed by atoms with Crippen LogP contribution in [0.4, 0.5) is 0 Å². The Morgan fingerprint density at radius 1 is 1.27 bits per heavy atom. The van der Waals surface area contributed by atoms with Crippen LogP contribution in [0.15, 0.2) is 36.4 Å². The molecule has 0 heterocycles. The highest BCUT2D eigenvalue weighted by molar-refractivity contribution is 5.39. The van der Waals surface area contributed by atoms with Crippen molar-refractivity contribution in [1.29, 1.82) is 0 Å². The summed E-state index contributed by atoms with van der Waals surface area (Å²) in [4.78, 5) is 0. The average molecular weight is 208 g/mol. The van der Waals surface area contributed by atoms with E-state index in [-0.39, 0.29) is 13.2 Å². The Bertz CT molecular complexity index is 320. The summed E-state index contributed by atoms with van der Waals surface area (Å²) in [5.74, 6) is 1.32. The fraction of sp³-hybridized carbons (Fsp3) is 0.333. The van der Waals surface area contributed by atoms with E-state index >= 15 is 0 Å². The van der Waals surface area contributed by atoms with Gasteiger partial charge in [-0.2, -0.15) is 0 Å². The largest absolute Gasteiger partial charge is 0.487 e. The van der Waals surface area contributed by atoms with Gasteiger partial charge in [0.1, 0.15) is 13.2 Å². The van der Waals surface area contributed by atoms with Crippen molar-refractivity contribution in [2.24, 2.45) is 0 Å². The molecule has 1 aromatic rings. The summed E-state index contributed by atoms with van der Waals surface area (Å²) in [5.41, 5.74) is 0.951. The lowest BCUT2D eigenvalue weighted by atomic mass is 10.3. The fourth-order valence-corrected chi connectivity index (χ4v) is 1.05. The van der Waals surface area contributed by atoms with Crippen LogP contribution in [0.1, 0.15) is 6.92 Å². The predicted molar refractivity (Wildman–Crippen MR) is 59.3 cm³/mol. The number of aliphatic hydroxyl groups is 1. The van der Waals surface area contributed by atoms with E-state index in [1.54, 1.807) is 0 Å². The first-order valence-electron chi connectivity index (χ1n) is 4.84. The van der Waals surface area contributed by atoms with Crippen LogP contribution in [0.3, 0.4) is 0 Å². The number of ether oxygens (including phenoxy) is 2. The van der Waals surface area contributed by atoms with Gasteiger partial charge in [0.05, 0.1) is 6.61 Å². The van der Waals surface area contributed by atoms with E-state index in [1.807, 2.05) is 31.2 Å². The number of rotatable bonds is 6. The molecule has 0 bridgehead atoms. The molecule has 0 saturated carbocycles. The third kappa shape index (κ3) is 4.04. The topological polar surface area (TPSA) is 38.7 Å². The molecule has 0 amide bonds. The van der Waals surface area contributed by atoms with E-state index in [4.69, 9.17) is 14.6 Å². The molecular formula is C12H16O3. The van der Waals surface area contributed by atoms with Gasteiger partial charge in [0.25, 0.3) is 0 Å². The maximum atomic E-state index is 8.66. The van der Waals surface area contributed by atoms with Gasteiger partial charge in [0, 0.05) is 0 Å². The van der Waals surface area contributed by atoms with Crippen LogP contribution in [-0.4, -0.2) is 24.9 Å². The molecule has 3 nitrogen and oxygen atoms in total. The summed E-state index contributed by atoms with van der Waals surface area (Å²) in [7, 11) is 0. The van der Waals surface area contributed by atoms with Crippen LogP contribution < -0.4 is 9.47 Å². The number of aliphatic hydroxyl groups excluding tert-OH is 1. The normalized spacial score (nSPS) is 9.73. The van der Waals surface area contributed by atoms with Crippen LogP contribution in [0.25, 0.3) is 0 Å². The van der Waals surface area contributed by atoms with Crippen molar-refractivity contribution in [2.45, 2.75) is 6.92 Å². The predicted octanol–water partition coefficient (Wildman–Crippen LogP) is 2.01. The quantitative estimate of drug-likeness (QED) is 0.727. The van der Waals surface area contributed by atoms with Gasteiger partial charge < -0.3 is 14.6 Å². The molecule has 0 aliphatic heterocycles. The molecule has 1 N–H and O–H groups in total. The monoisotopic (exact) mass is 208 g/mol. The minimum absolute atomic E-state index is 0.00514. The highest BCUT2D eigenvalue weighted by Crippen LogP contribution is 2.26. The van der Waals surface area contributed by atoms with Gasteiger partial charge in [0.15, 0.2) is 11.5 Å². The molecule has 0 aromatic heterocycles. The van der Waals surface area contributed by atoms with E-state index < -0.39 is 0 Å². The van der Waals surface area contributed by atoms with Crippen molar-refractivity contribution in [1.82, 2.24) is 0 Å². The maximum Gasteiger partial charge on any atom is 0.161 e. The van der Waals surface area contributed by atoms with Crippen molar-refractivity contribution in [3.05, 3.63) is 36.4 Å². The number of benzene rings is 1. The van der Waals surface area contributed by atoms with Gasteiger partial charge in [-0.3, -0.25) is 0 Å². The smallest absolute Gasteiger partial charge is 0.161 e. The molecule has 0 spiro atoms. The molecule has 1 aromatic carbocycles. The van der Waals surface area contributed by atoms with Gasteiger partial charge in [-0.05, 0) is 24.6 Å². The number of hydrogen-bond acceptors (Lipinski definition) is 3. The fourth-order valence-electron chi connectivity index (χ4n) is 1.05. The molecule has 0 fully saturated rings. The molecule has 82 valence electrons. The van der Waals surface area contributed by atoms with Crippen LogP contribution in [0.5, 0.6) is 11.5 Å². The summed E-state index contributed by atoms with van der Waals surface area (Å²) in [6.45, 7) is 6.39. The Morgan fingerprint density at radius 3 is 2.40 bits per heavy atom. The van der Waals surface area contributed by atoms with Crippen LogP contribution in [0, 0.1) is 0 Å². The molecule has 0 unspecified atom stereocenters. The zero-order valence-corrected chi connectivity index (χ0v) is 8.90. The van der Waals surface area contributed by atoms with Crippen molar-refractivity contribution in [2.75, 3.05) is 19.8 Å². The second-order valence-corrected chi connectivity index (χ2v) is 3.26. The summed E-state index contributed by atoms with van der Waals surface area (Å²) in [6, 6.07) is 7.37. The Hall–Kier alpha value is -1.48. The van der Waals surface area contributed by atoms with E-state index in [1.165, 1.54) is 0 Å². The van der Waals surface area contributed by atoms with E-state index in [2.05, 4.69) is 6.58 Å². The zero-order valence-electron chi connectivity index (χ0n) is 8.90. The van der Waals surface area contributed by atoms with Crippen molar-refractivity contribution in [3.8, 4) is 11.5 Å². The standard InChI is InChI=1S/C12H16O3/c1-10(2)9-15-12-6-4-3-5-11(12)14-8-7-13/h3-6,13H,1,7-9H2,2H3. The number of para-hydroxylation sites is 2. The van der Waals surface area contributed by atoms with Crippen LogP contribution in [-0.2, 0) is 0 Å². The van der Waals surface area contributed by atoms with Gasteiger partial charge >= 0.3 is 0 Å². The Balaban J connectivity index is 2.63. The first-order valence-corrected chi connectivity index (χ1v) is 4.84. The summed E-state index contributed by atoms with van der Waals surface area (Å²) >= 11 is 0. The summed E-state index contributed by atoms with van der Waals surface area (Å²) in [5, 5.41) is 8.66.